The molecule has 39 heavy (non-hydrogen) atoms. The van der Waals surface area contributed by atoms with Crippen molar-refractivity contribution in [2.75, 3.05) is 32.8 Å². The molecule has 6 rings (SSSR count). The van der Waals surface area contributed by atoms with E-state index in [1.807, 2.05) is 13.2 Å². The maximum Gasteiger partial charge on any atom is 0.247 e. The predicted molar refractivity (Wildman–Crippen MR) is 146 cm³/mol. The first-order valence-corrected chi connectivity index (χ1v) is 15.7. The zero-order chi connectivity index (χ0) is 27.2. The van der Waals surface area contributed by atoms with E-state index in [1.54, 1.807) is 29.1 Å². The molecule has 1 spiro atoms. The fourth-order valence-corrected chi connectivity index (χ4v) is 8.61. The third-order valence-electron chi connectivity index (χ3n) is 9.14. The number of amides is 1. The highest BCUT2D eigenvalue weighted by Crippen LogP contribution is 2.37. The largest absolute Gasteiger partial charge is 0.492 e. The molecular weight excluding hydrogens is 518 g/mol. The highest BCUT2D eigenvalue weighted by atomic mass is 32.2. The second-order valence-corrected chi connectivity index (χ2v) is 13.7. The average molecular weight is 558 g/mol. The number of piperidine rings is 1. The van der Waals surface area contributed by atoms with Crippen LogP contribution in [-0.4, -0.2) is 88.9 Å². The number of sulfonamides is 1. The highest BCUT2D eigenvalue weighted by Gasteiger charge is 2.47. The van der Waals surface area contributed by atoms with Crippen molar-refractivity contribution in [1.29, 1.82) is 0 Å². The summed E-state index contributed by atoms with van der Waals surface area (Å²) in [6.45, 7) is 3.08. The smallest absolute Gasteiger partial charge is 0.247 e. The second-order valence-electron chi connectivity index (χ2n) is 11.9. The molecule has 1 aliphatic carbocycles. The number of benzene rings is 1. The van der Waals surface area contributed by atoms with Crippen molar-refractivity contribution in [2.45, 2.75) is 73.9 Å². The molecule has 2 atom stereocenters. The number of aliphatic hydroxyl groups excluding tert-OH is 1. The molecule has 10 nitrogen and oxygen atoms in total. The number of hydrogen-bond donors (Lipinski definition) is 2. The quantitative estimate of drug-likeness (QED) is 0.594. The summed E-state index contributed by atoms with van der Waals surface area (Å²) < 4.78 is 36.9. The van der Waals surface area contributed by atoms with Crippen LogP contribution >= 0.6 is 0 Å². The Kier molecular flexibility index (Phi) is 7.20. The van der Waals surface area contributed by atoms with Crippen LogP contribution in [0.3, 0.4) is 0 Å². The lowest BCUT2D eigenvalue weighted by molar-refractivity contribution is -0.127. The third kappa shape index (κ3) is 5.33. The van der Waals surface area contributed by atoms with E-state index in [0.29, 0.717) is 6.42 Å². The van der Waals surface area contributed by atoms with Crippen LogP contribution in [0.25, 0.3) is 11.1 Å². The second kappa shape index (κ2) is 10.5. The zero-order valence-corrected chi connectivity index (χ0v) is 23.4. The van der Waals surface area contributed by atoms with E-state index in [2.05, 4.69) is 15.3 Å². The monoisotopic (exact) mass is 557 g/mol. The number of carbonyl (C=O) groups excluding carboxylic acids is 1. The Labute approximate surface area is 230 Å². The van der Waals surface area contributed by atoms with Gasteiger partial charge in [-0.25, -0.2) is 8.42 Å². The van der Waals surface area contributed by atoms with Crippen molar-refractivity contribution in [3.8, 4) is 16.9 Å². The van der Waals surface area contributed by atoms with Crippen molar-refractivity contribution >= 4 is 15.9 Å². The lowest BCUT2D eigenvalue weighted by Crippen LogP contribution is -2.59. The van der Waals surface area contributed by atoms with Crippen molar-refractivity contribution in [2.24, 2.45) is 13.0 Å². The molecular formula is C28H39N5O5S. The Morgan fingerprint density at radius 3 is 2.64 bits per heavy atom. The van der Waals surface area contributed by atoms with Crippen LogP contribution in [0.5, 0.6) is 5.75 Å². The summed E-state index contributed by atoms with van der Waals surface area (Å²) in [5.74, 6) is 0.711. The van der Waals surface area contributed by atoms with Crippen molar-refractivity contribution in [3.05, 3.63) is 30.6 Å². The van der Waals surface area contributed by atoms with Gasteiger partial charge in [-0.2, -0.15) is 9.40 Å². The van der Waals surface area contributed by atoms with E-state index < -0.39 is 27.7 Å². The van der Waals surface area contributed by atoms with Gasteiger partial charge in [0, 0.05) is 63.4 Å². The molecule has 2 aromatic rings. The van der Waals surface area contributed by atoms with E-state index in [1.165, 1.54) is 25.7 Å². The molecule has 1 saturated carbocycles. The van der Waals surface area contributed by atoms with Gasteiger partial charge >= 0.3 is 0 Å². The van der Waals surface area contributed by atoms with E-state index >= 15 is 0 Å². The molecule has 212 valence electrons. The van der Waals surface area contributed by atoms with Gasteiger partial charge in [-0.1, -0.05) is 18.9 Å². The first-order valence-electron chi connectivity index (χ1n) is 14.2. The first-order chi connectivity index (χ1) is 18.7. The molecule has 4 aliphatic rings. The number of nitrogens with zero attached hydrogens (tertiary/aromatic N) is 4. The minimum atomic E-state index is -4.10. The molecule has 0 radical (unpaired) electrons. The van der Waals surface area contributed by atoms with E-state index in [-0.39, 0.29) is 36.1 Å². The fourth-order valence-electron chi connectivity index (χ4n) is 6.86. The van der Waals surface area contributed by atoms with Gasteiger partial charge in [-0.05, 0) is 49.3 Å². The summed E-state index contributed by atoms with van der Waals surface area (Å²) in [5.41, 5.74) is 1.18. The normalized spacial score (nSPS) is 27.9. The molecule has 0 bridgehead atoms. The molecule has 1 amide bonds. The molecule has 1 aromatic carbocycles. The Morgan fingerprint density at radius 1 is 1.15 bits per heavy atom. The summed E-state index contributed by atoms with van der Waals surface area (Å²) in [5, 5.41) is 18.0. The molecule has 0 unspecified atom stereocenters. The predicted octanol–water partition coefficient (Wildman–Crippen LogP) is 2.13. The van der Waals surface area contributed by atoms with E-state index in [0.717, 1.165) is 53.8 Å². The van der Waals surface area contributed by atoms with Crippen LogP contribution in [0.4, 0.5) is 0 Å². The Morgan fingerprint density at radius 2 is 1.92 bits per heavy atom. The van der Waals surface area contributed by atoms with Crippen LogP contribution in [0.15, 0.2) is 35.5 Å². The first kappa shape index (κ1) is 26.7. The van der Waals surface area contributed by atoms with Crippen molar-refractivity contribution in [1.82, 2.24) is 24.3 Å². The summed E-state index contributed by atoms with van der Waals surface area (Å²) in [6, 6.07) is 4.07. The number of ether oxygens (including phenoxy) is 1. The summed E-state index contributed by atoms with van der Waals surface area (Å²) in [4.78, 5) is 16.2. The van der Waals surface area contributed by atoms with Crippen molar-refractivity contribution < 1.29 is 23.1 Å². The highest BCUT2D eigenvalue weighted by molar-refractivity contribution is 7.89. The van der Waals surface area contributed by atoms with Crippen LogP contribution < -0.4 is 10.1 Å². The molecule has 1 aromatic heterocycles. The minimum Gasteiger partial charge on any atom is -0.492 e. The average Bonchev–Trinajstić information content (AvgIpc) is 3.67. The number of fused-ring (bicyclic) bond motifs is 2. The van der Waals surface area contributed by atoms with Crippen LogP contribution in [0.2, 0.25) is 0 Å². The number of aliphatic hydroxyl groups is 1. The molecule has 11 heteroatoms. The lowest BCUT2D eigenvalue weighted by atomic mass is 9.83. The molecule has 2 saturated heterocycles. The molecule has 3 fully saturated rings. The third-order valence-corrected chi connectivity index (χ3v) is 11.0. The van der Waals surface area contributed by atoms with Crippen molar-refractivity contribution in [3.63, 3.8) is 0 Å². The van der Waals surface area contributed by atoms with Gasteiger partial charge in [0.1, 0.15) is 16.7 Å². The van der Waals surface area contributed by atoms with Gasteiger partial charge in [-0.3, -0.25) is 9.48 Å². The minimum absolute atomic E-state index is 0.0179. The van der Waals surface area contributed by atoms with Gasteiger partial charge in [0.05, 0.1) is 18.9 Å². The Bertz CT molecular complexity index is 1310. The standard InChI is InChI=1S/C28H39N5O5S/c1-31-18-22(16-29-31)21-6-7-26-25(14-21)38-13-10-28(8-11-32(12-9-28)17-20-4-2-3-5-20)30-27(35)24-15-23(34)19-33(24)39(26,36)37/h6-7,14,16,18,20,23-24,34H,2-5,8-13,15,17,19H2,1H3,(H,30,35)/t23-,24+/m1/s1. The lowest BCUT2D eigenvalue weighted by Gasteiger charge is -2.43. The van der Waals surface area contributed by atoms with Gasteiger partial charge in [0.25, 0.3) is 0 Å². The maximum atomic E-state index is 13.9. The summed E-state index contributed by atoms with van der Waals surface area (Å²) in [6.07, 6.45) is 10.2. The molecule has 2 N–H and O–H groups in total. The van der Waals surface area contributed by atoms with Gasteiger partial charge in [0.15, 0.2) is 0 Å². The number of carbonyl (C=O) groups is 1. The van der Waals surface area contributed by atoms with Gasteiger partial charge in [-0.15, -0.1) is 0 Å². The van der Waals surface area contributed by atoms with Gasteiger partial charge in [0.2, 0.25) is 15.9 Å². The number of aromatic nitrogens is 2. The maximum absolute atomic E-state index is 13.9. The summed E-state index contributed by atoms with van der Waals surface area (Å²) >= 11 is 0. The number of nitrogens with one attached hydrogen (secondary N) is 1. The Hall–Kier alpha value is -2.47. The Balaban J connectivity index is 1.30. The zero-order valence-electron chi connectivity index (χ0n) is 22.6. The van der Waals surface area contributed by atoms with E-state index in [9.17, 15) is 18.3 Å². The van der Waals surface area contributed by atoms with Crippen LogP contribution in [-0.2, 0) is 21.9 Å². The van der Waals surface area contributed by atoms with Gasteiger partial charge < -0.3 is 20.1 Å². The SMILES string of the molecule is Cn1cc(-c2ccc3c(c2)OCCC2(CCN(CC4CCCC4)CC2)NC(=O)[C@@H]2C[C@@H](O)CN2S3(=O)=O)cn1. The topological polar surface area (TPSA) is 117 Å². The van der Waals surface area contributed by atoms with E-state index in [4.69, 9.17) is 4.74 Å². The number of likely N-dealkylation sites (tertiary alicyclic amines) is 1. The van der Waals surface area contributed by atoms with Crippen LogP contribution in [0.1, 0.15) is 51.4 Å². The number of aryl methyl sites for hydroxylation is 1. The summed E-state index contributed by atoms with van der Waals surface area (Å²) in [7, 11) is -2.27. The molecule has 3 aliphatic heterocycles. The number of hydrogen-bond acceptors (Lipinski definition) is 7. The number of rotatable bonds is 3. The van der Waals surface area contributed by atoms with Crippen LogP contribution in [0, 0.1) is 5.92 Å². The molecule has 4 heterocycles. The fraction of sp³-hybridized carbons (Fsp3) is 0.643.